The number of aryl methyl sites for hydroxylation is 2. The molecule has 2 heteroatoms. The maximum absolute atomic E-state index is 6.27. The fraction of sp³-hybridized carbons (Fsp3) is 0.294. The Morgan fingerprint density at radius 2 is 1.74 bits per heavy atom. The summed E-state index contributed by atoms with van der Waals surface area (Å²) in [6.45, 7) is 2.17. The third kappa shape index (κ3) is 3.59. The zero-order valence-electron chi connectivity index (χ0n) is 11.5. The van der Waals surface area contributed by atoms with Gasteiger partial charge in [0.1, 0.15) is 0 Å². The van der Waals surface area contributed by atoms with Crippen LogP contribution in [0, 0.1) is 6.92 Å². The number of halogens is 1. The van der Waals surface area contributed by atoms with Crippen LogP contribution in [0.25, 0.3) is 0 Å². The first-order valence-electron chi connectivity index (χ1n) is 6.68. The lowest BCUT2D eigenvalue weighted by atomic mass is 9.97. The third-order valence-corrected chi connectivity index (χ3v) is 3.94. The summed E-state index contributed by atoms with van der Waals surface area (Å²) in [7, 11) is 1.99. The first-order valence-corrected chi connectivity index (χ1v) is 7.06. The van der Waals surface area contributed by atoms with Gasteiger partial charge in [0, 0.05) is 11.1 Å². The van der Waals surface area contributed by atoms with Gasteiger partial charge >= 0.3 is 0 Å². The molecular formula is C17H20ClN. The van der Waals surface area contributed by atoms with Crippen LogP contribution in [0.3, 0.4) is 0 Å². The molecule has 0 aromatic heterocycles. The fourth-order valence-electron chi connectivity index (χ4n) is 2.40. The molecule has 2 aromatic rings. The Labute approximate surface area is 120 Å². The summed E-state index contributed by atoms with van der Waals surface area (Å²) >= 11 is 6.27. The molecule has 0 radical (unpaired) electrons. The van der Waals surface area contributed by atoms with Gasteiger partial charge in [0.05, 0.1) is 0 Å². The molecule has 1 atom stereocenters. The van der Waals surface area contributed by atoms with Gasteiger partial charge in [-0.2, -0.15) is 0 Å². The summed E-state index contributed by atoms with van der Waals surface area (Å²) in [5, 5.41) is 4.20. The highest BCUT2D eigenvalue weighted by Gasteiger charge is 2.12. The van der Waals surface area contributed by atoms with Crippen LogP contribution in [0.4, 0.5) is 0 Å². The van der Waals surface area contributed by atoms with E-state index < -0.39 is 0 Å². The standard InChI is InChI=1S/C17H20ClN/c1-13-7-3-4-8-14(13)11-12-17(19-2)15-9-5-6-10-16(15)18/h3-10,17,19H,11-12H2,1-2H3. The SMILES string of the molecule is CNC(CCc1ccccc1C)c1ccccc1Cl. The van der Waals surface area contributed by atoms with Gasteiger partial charge in [0.2, 0.25) is 0 Å². The van der Waals surface area contributed by atoms with E-state index in [0.717, 1.165) is 17.9 Å². The average molecular weight is 274 g/mol. The Morgan fingerprint density at radius 3 is 2.42 bits per heavy atom. The molecule has 0 aliphatic heterocycles. The largest absolute Gasteiger partial charge is 0.313 e. The summed E-state index contributed by atoms with van der Waals surface area (Å²) in [5.74, 6) is 0. The average Bonchev–Trinajstić information content (AvgIpc) is 2.43. The molecule has 2 aromatic carbocycles. The molecule has 0 saturated carbocycles. The summed E-state index contributed by atoms with van der Waals surface area (Å²) in [5.41, 5.74) is 3.95. The minimum absolute atomic E-state index is 0.299. The van der Waals surface area contributed by atoms with Crippen LogP contribution < -0.4 is 5.32 Å². The Bertz CT molecular complexity index is 536. The number of nitrogens with one attached hydrogen (secondary N) is 1. The lowest BCUT2D eigenvalue weighted by molar-refractivity contribution is 0.549. The second kappa shape index (κ2) is 6.74. The number of hydrogen-bond acceptors (Lipinski definition) is 1. The maximum Gasteiger partial charge on any atom is 0.0453 e. The van der Waals surface area contributed by atoms with Gasteiger partial charge in [0.25, 0.3) is 0 Å². The highest BCUT2D eigenvalue weighted by Crippen LogP contribution is 2.26. The Morgan fingerprint density at radius 1 is 1.05 bits per heavy atom. The Kier molecular flexibility index (Phi) is 5.00. The van der Waals surface area contributed by atoms with E-state index >= 15 is 0 Å². The van der Waals surface area contributed by atoms with Gasteiger partial charge in [-0.05, 0) is 49.6 Å². The van der Waals surface area contributed by atoms with Crippen molar-refractivity contribution < 1.29 is 0 Å². The molecular weight excluding hydrogens is 254 g/mol. The molecule has 2 rings (SSSR count). The molecule has 19 heavy (non-hydrogen) atoms. The van der Waals surface area contributed by atoms with Crippen molar-refractivity contribution in [2.24, 2.45) is 0 Å². The van der Waals surface area contributed by atoms with Crippen LogP contribution >= 0.6 is 11.6 Å². The molecule has 0 aliphatic carbocycles. The van der Waals surface area contributed by atoms with Crippen molar-refractivity contribution in [3.63, 3.8) is 0 Å². The first kappa shape index (κ1) is 14.1. The van der Waals surface area contributed by atoms with E-state index in [1.165, 1.54) is 16.7 Å². The van der Waals surface area contributed by atoms with Gasteiger partial charge in [-0.25, -0.2) is 0 Å². The fourth-order valence-corrected chi connectivity index (χ4v) is 2.67. The highest BCUT2D eigenvalue weighted by molar-refractivity contribution is 6.31. The molecule has 0 saturated heterocycles. The van der Waals surface area contributed by atoms with Crippen LogP contribution in [0.1, 0.15) is 29.2 Å². The number of benzene rings is 2. The summed E-state index contributed by atoms with van der Waals surface area (Å²) < 4.78 is 0. The molecule has 0 aliphatic rings. The topological polar surface area (TPSA) is 12.0 Å². The van der Waals surface area contributed by atoms with E-state index in [1.807, 2.05) is 25.2 Å². The normalized spacial score (nSPS) is 12.4. The van der Waals surface area contributed by atoms with Crippen molar-refractivity contribution in [2.75, 3.05) is 7.05 Å². The minimum atomic E-state index is 0.299. The second-order valence-corrected chi connectivity index (χ2v) is 5.24. The van der Waals surface area contributed by atoms with E-state index in [0.29, 0.717) is 6.04 Å². The third-order valence-electron chi connectivity index (χ3n) is 3.59. The van der Waals surface area contributed by atoms with Crippen molar-refractivity contribution >= 4 is 11.6 Å². The van der Waals surface area contributed by atoms with Gasteiger partial charge in [-0.15, -0.1) is 0 Å². The Hall–Kier alpha value is -1.31. The van der Waals surface area contributed by atoms with Crippen LogP contribution in [0.5, 0.6) is 0 Å². The molecule has 0 bridgehead atoms. The van der Waals surface area contributed by atoms with Gasteiger partial charge < -0.3 is 5.32 Å². The molecule has 1 nitrogen and oxygen atoms in total. The highest BCUT2D eigenvalue weighted by atomic mass is 35.5. The number of rotatable bonds is 5. The van der Waals surface area contributed by atoms with Gasteiger partial charge in [-0.1, -0.05) is 54.1 Å². The predicted octanol–water partition coefficient (Wildman–Crippen LogP) is 4.54. The second-order valence-electron chi connectivity index (χ2n) is 4.83. The summed E-state index contributed by atoms with van der Waals surface area (Å²) in [6.07, 6.45) is 2.11. The molecule has 0 amide bonds. The lowest BCUT2D eigenvalue weighted by Gasteiger charge is -2.18. The van der Waals surface area contributed by atoms with E-state index in [2.05, 4.69) is 42.6 Å². The van der Waals surface area contributed by atoms with Crippen molar-refractivity contribution in [3.8, 4) is 0 Å². The van der Waals surface area contributed by atoms with Gasteiger partial charge in [0.15, 0.2) is 0 Å². The van der Waals surface area contributed by atoms with Crippen LogP contribution in [0.15, 0.2) is 48.5 Å². The van der Waals surface area contributed by atoms with E-state index in [9.17, 15) is 0 Å². The first-order chi connectivity index (χ1) is 9.22. The zero-order valence-corrected chi connectivity index (χ0v) is 12.2. The molecule has 1 unspecified atom stereocenters. The van der Waals surface area contributed by atoms with E-state index in [1.54, 1.807) is 0 Å². The summed E-state index contributed by atoms with van der Waals surface area (Å²) in [4.78, 5) is 0. The number of hydrogen-bond donors (Lipinski definition) is 1. The van der Waals surface area contributed by atoms with Crippen LogP contribution in [-0.2, 0) is 6.42 Å². The maximum atomic E-state index is 6.27. The lowest BCUT2D eigenvalue weighted by Crippen LogP contribution is -2.17. The molecule has 100 valence electrons. The van der Waals surface area contributed by atoms with E-state index in [4.69, 9.17) is 11.6 Å². The van der Waals surface area contributed by atoms with Crippen molar-refractivity contribution in [2.45, 2.75) is 25.8 Å². The smallest absolute Gasteiger partial charge is 0.0453 e. The van der Waals surface area contributed by atoms with Crippen molar-refractivity contribution in [1.29, 1.82) is 0 Å². The predicted molar refractivity (Wildman–Crippen MR) is 82.8 cm³/mol. The monoisotopic (exact) mass is 273 g/mol. The minimum Gasteiger partial charge on any atom is -0.313 e. The molecule has 0 heterocycles. The molecule has 0 fully saturated rings. The summed E-state index contributed by atoms with van der Waals surface area (Å²) in [6, 6.07) is 16.9. The molecule has 0 spiro atoms. The molecule has 1 N–H and O–H groups in total. The Balaban J connectivity index is 2.09. The van der Waals surface area contributed by atoms with Gasteiger partial charge in [-0.3, -0.25) is 0 Å². The van der Waals surface area contributed by atoms with Crippen LogP contribution in [-0.4, -0.2) is 7.05 Å². The zero-order chi connectivity index (χ0) is 13.7. The quantitative estimate of drug-likeness (QED) is 0.843. The van der Waals surface area contributed by atoms with Crippen LogP contribution in [0.2, 0.25) is 5.02 Å². The van der Waals surface area contributed by atoms with E-state index in [-0.39, 0.29) is 0 Å². The van der Waals surface area contributed by atoms with Crippen molar-refractivity contribution in [3.05, 3.63) is 70.2 Å². The van der Waals surface area contributed by atoms with Crippen molar-refractivity contribution in [1.82, 2.24) is 5.32 Å².